The van der Waals surface area contributed by atoms with Gasteiger partial charge in [0.2, 0.25) is 0 Å². The van der Waals surface area contributed by atoms with Gasteiger partial charge in [0.25, 0.3) is 0 Å². The van der Waals surface area contributed by atoms with Crippen LogP contribution >= 0.6 is 0 Å². The van der Waals surface area contributed by atoms with Crippen molar-refractivity contribution in [3.8, 4) is 0 Å². The molecule has 0 aromatic heterocycles. The van der Waals surface area contributed by atoms with E-state index in [-0.39, 0.29) is 11.9 Å². The van der Waals surface area contributed by atoms with Gasteiger partial charge in [0.1, 0.15) is 0 Å². The van der Waals surface area contributed by atoms with E-state index in [1.807, 2.05) is 13.8 Å². The minimum absolute atomic E-state index is 0.129. The highest BCUT2D eigenvalue weighted by atomic mass is 16.5. The summed E-state index contributed by atoms with van der Waals surface area (Å²) in [6, 6.07) is 0. The van der Waals surface area contributed by atoms with E-state index < -0.39 is 16.4 Å². The van der Waals surface area contributed by atoms with Gasteiger partial charge in [-0.1, -0.05) is 24.5 Å². The molecule has 0 radical (unpaired) electrons. The third-order valence-electron chi connectivity index (χ3n) is 5.83. The molecule has 0 unspecified atom stereocenters. The fraction of sp³-hybridized carbons (Fsp3) is 0.800. The number of aliphatic hydroxyl groups is 1. The van der Waals surface area contributed by atoms with Gasteiger partial charge < -0.3 is 14.6 Å². The maximum absolute atomic E-state index is 11.4. The van der Waals surface area contributed by atoms with E-state index >= 15 is 0 Å². The highest BCUT2D eigenvalue weighted by Crippen LogP contribution is 2.44. The molecule has 0 bridgehead atoms. The van der Waals surface area contributed by atoms with Gasteiger partial charge in [-0.05, 0) is 59.8 Å². The quantitative estimate of drug-likeness (QED) is 0.614. The number of esters is 2. The second kappa shape index (κ2) is 8.35. The van der Waals surface area contributed by atoms with Gasteiger partial charge in [-0.2, -0.15) is 0 Å². The van der Waals surface area contributed by atoms with Crippen molar-refractivity contribution in [2.75, 3.05) is 14.2 Å². The molecule has 144 valence electrons. The number of carbonyl (C=O) groups excluding carboxylic acids is 2. The highest BCUT2D eigenvalue weighted by Gasteiger charge is 2.50. The number of methoxy groups -OCH3 is 2. The molecular weight excluding hydrogens is 320 g/mol. The molecule has 0 spiro atoms. The van der Waals surface area contributed by atoms with Crippen molar-refractivity contribution in [1.29, 1.82) is 0 Å². The zero-order chi connectivity index (χ0) is 19.3. The van der Waals surface area contributed by atoms with Crippen LogP contribution in [-0.2, 0) is 19.1 Å². The number of rotatable bonds is 4. The van der Waals surface area contributed by atoms with Gasteiger partial charge in [0, 0.05) is 0 Å². The summed E-state index contributed by atoms with van der Waals surface area (Å²) in [5.41, 5.74) is -0.821. The van der Waals surface area contributed by atoms with Crippen molar-refractivity contribution in [2.45, 2.75) is 78.2 Å². The SMILES string of the molecule is COC(=O)C(C)(C)C1(O)CCCC1.COC(=O)C(C)(C)C1=CCCC1. The van der Waals surface area contributed by atoms with E-state index in [0.717, 1.165) is 25.7 Å². The molecule has 1 N–H and O–H groups in total. The van der Waals surface area contributed by atoms with Crippen LogP contribution in [0.4, 0.5) is 0 Å². The Morgan fingerprint density at radius 3 is 1.92 bits per heavy atom. The summed E-state index contributed by atoms with van der Waals surface area (Å²) in [6.45, 7) is 7.36. The van der Waals surface area contributed by atoms with Crippen molar-refractivity contribution in [1.82, 2.24) is 0 Å². The molecule has 0 aromatic rings. The van der Waals surface area contributed by atoms with Crippen LogP contribution in [0.25, 0.3) is 0 Å². The largest absolute Gasteiger partial charge is 0.469 e. The van der Waals surface area contributed by atoms with Crippen LogP contribution in [0.5, 0.6) is 0 Å². The van der Waals surface area contributed by atoms with E-state index in [4.69, 9.17) is 9.47 Å². The van der Waals surface area contributed by atoms with Gasteiger partial charge in [-0.15, -0.1) is 0 Å². The normalized spacial score (nSPS) is 19.6. The Bertz CT molecular complexity index is 510. The minimum Gasteiger partial charge on any atom is -0.469 e. The number of ether oxygens (including phenoxy) is 2. The first kappa shape index (κ1) is 21.7. The molecule has 5 heteroatoms. The number of hydrogen-bond donors (Lipinski definition) is 1. The third-order valence-corrected chi connectivity index (χ3v) is 5.83. The lowest BCUT2D eigenvalue weighted by Gasteiger charge is -2.37. The number of allylic oxidation sites excluding steroid dienone is 1. The molecule has 2 aliphatic carbocycles. The van der Waals surface area contributed by atoms with Gasteiger partial charge in [-0.3, -0.25) is 9.59 Å². The summed E-state index contributed by atoms with van der Waals surface area (Å²) in [5.74, 6) is -0.451. The fourth-order valence-electron chi connectivity index (χ4n) is 3.65. The Hall–Kier alpha value is -1.36. The maximum atomic E-state index is 11.4. The molecule has 0 saturated heterocycles. The molecule has 0 amide bonds. The first-order valence-electron chi connectivity index (χ1n) is 9.11. The summed E-state index contributed by atoms with van der Waals surface area (Å²) >= 11 is 0. The lowest BCUT2D eigenvalue weighted by molar-refractivity contribution is -0.167. The summed E-state index contributed by atoms with van der Waals surface area (Å²) < 4.78 is 9.44. The van der Waals surface area contributed by atoms with E-state index in [1.165, 1.54) is 26.2 Å². The van der Waals surface area contributed by atoms with Crippen LogP contribution in [0.3, 0.4) is 0 Å². The van der Waals surface area contributed by atoms with Crippen LogP contribution < -0.4 is 0 Å². The molecule has 25 heavy (non-hydrogen) atoms. The molecule has 1 fully saturated rings. The smallest absolute Gasteiger partial charge is 0.315 e. The second-order valence-corrected chi connectivity index (χ2v) is 8.09. The van der Waals surface area contributed by atoms with E-state index in [1.54, 1.807) is 13.8 Å². The fourth-order valence-corrected chi connectivity index (χ4v) is 3.65. The van der Waals surface area contributed by atoms with Crippen molar-refractivity contribution in [2.24, 2.45) is 10.8 Å². The average Bonchev–Trinajstić information content (AvgIpc) is 3.26. The van der Waals surface area contributed by atoms with Crippen molar-refractivity contribution < 1.29 is 24.2 Å². The summed E-state index contributed by atoms with van der Waals surface area (Å²) in [7, 11) is 2.81. The predicted octanol–water partition coefficient (Wildman–Crippen LogP) is 3.79. The van der Waals surface area contributed by atoms with Gasteiger partial charge >= 0.3 is 11.9 Å². The Balaban J connectivity index is 0.000000251. The number of hydrogen-bond acceptors (Lipinski definition) is 5. The summed E-state index contributed by atoms with van der Waals surface area (Å²) in [6.07, 6.45) is 8.89. The topological polar surface area (TPSA) is 72.8 Å². The van der Waals surface area contributed by atoms with E-state index in [9.17, 15) is 14.7 Å². The Morgan fingerprint density at radius 1 is 1.00 bits per heavy atom. The summed E-state index contributed by atoms with van der Waals surface area (Å²) in [5, 5.41) is 10.2. The molecule has 2 aliphatic rings. The zero-order valence-corrected chi connectivity index (χ0v) is 16.6. The standard InChI is InChI=1S/C10H18O3.C10H16O2/c1-9(2,8(11)13-3)10(12)6-4-5-7-10;1-10(2,9(11)12-3)8-6-4-5-7-8/h12H,4-7H2,1-3H3;6H,4-5,7H2,1-3H3. The average molecular weight is 354 g/mol. The Morgan fingerprint density at radius 2 is 1.52 bits per heavy atom. The minimum atomic E-state index is -0.861. The molecule has 1 saturated carbocycles. The van der Waals surface area contributed by atoms with Crippen LogP contribution in [-0.4, -0.2) is 36.9 Å². The third kappa shape index (κ3) is 4.63. The van der Waals surface area contributed by atoms with Crippen LogP contribution in [0.15, 0.2) is 11.6 Å². The van der Waals surface area contributed by atoms with Crippen molar-refractivity contribution >= 4 is 11.9 Å². The Kier molecular flexibility index (Phi) is 7.24. The molecular formula is C20H34O5. The van der Waals surface area contributed by atoms with Crippen molar-refractivity contribution in [3.63, 3.8) is 0 Å². The van der Waals surface area contributed by atoms with Gasteiger partial charge in [0.15, 0.2) is 0 Å². The number of carbonyl (C=O) groups is 2. The van der Waals surface area contributed by atoms with Crippen molar-refractivity contribution in [3.05, 3.63) is 11.6 Å². The zero-order valence-electron chi connectivity index (χ0n) is 16.6. The monoisotopic (exact) mass is 354 g/mol. The highest BCUT2D eigenvalue weighted by molar-refractivity contribution is 5.79. The van der Waals surface area contributed by atoms with Crippen LogP contribution in [0, 0.1) is 10.8 Å². The lowest BCUT2D eigenvalue weighted by Crippen LogP contribution is -2.48. The molecule has 0 aliphatic heterocycles. The maximum Gasteiger partial charge on any atom is 0.315 e. The van der Waals surface area contributed by atoms with Crippen LogP contribution in [0.2, 0.25) is 0 Å². The predicted molar refractivity (Wildman–Crippen MR) is 96.9 cm³/mol. The molecule has 2 rings (SSSR count). The van der Waals surface area contributed by atoms with Gasteiger partial charge in [0.05, 0.1) is 30.7 Å². The van der Waals surface area contributed by atoms with E-state index in [2.05, 4.69) is 6.08 Å². The van der Waals surface area contributed by atoms with Gasteiger partial charge in [-0.25, -0.2) is 0 Å². The first-order valence-corrected chi connectivity index (χ1v) is 9.11. The molecule has 5 nitrogen and oxygen atoms in total. The lowest BCUT2D eigenvalue weighted by atomic mass is 9.73. The first-order chi connectivity index (χ1) is 11.5. The Labute approximate surface area is 151 Å². The molecule has 0 heterocycles. The second-order valence-electron chi connectivity index (χ2n) is 8.09. The van der Waals surface area contributed by atoms with E-state index in [0.29, 0.717) is 12.8 Å². The molecule has 0 aromatic carbocycles. The van der Waals surface area contributed by atoms with Crippen LogP contribution in [0.1, 0.15) is 72.6 Å². The molecule has 0 atom stereocenters. The summed E-state index contributed by atoms with van der Waals surface area (Å²) in [4.78, 5) is 22.8.